The van der Waals surface area contributed by atoms with Crippen molar-refractivity contribution in [3.8, 4) is 0 Å². The Labute approximate surface area is 167 Å². The van der Waals surface area contributed by atoms with Gasteiger partial charge in [0.15, 0.2) is 5.13 Å². The highest BCUT2D eigenvalue weighted by Gasteiger charge is 2.14. The number of halogens is 2. The molecule has 0 fully saturated rings. The zero-order valence-corrected chi connectivity index (χ0v) is 16.7. The third-order valence-corrected chi connectivity index (χ3v) is 5.00. The van der Waals surface area contributed by atoms with Gasteiger partial charge in [-0.15, -0.1) is 11.3 Å². The molecule has 0 spiro atoms. The van der Waals surface area contributed by atoms with Gasteiger partial charge in [-0.05, 0) is 55.0 Å². The van der Waals surface area contributed by atoms with Crippen molar-refractivity contribution >= 4 is 61.5 Å². The number of benzene rings is 2. The normalized spacial score (nSPS) is 10.4. The van der Waals surface area contributed by atoms with E-state index < -0.39 is 0 Å². The number of rotatable bonds is 4. The summed E-state index contributed by atoms with van der Waals surface area (Å²) in [4.78, 5) is 28.7. The number of carbonyl (C=O) groups is 2. The van der Waals surface area contributed by atoms with E-state index in [1.54, 1.807) is 29.6 Å². The minimum atomic E-state index is -0.335. The van der Waals surface area contributed by atoms with Gasteiger partial charge in [0.2, 0.25) is 0 Å². The van der Waals surface area contributed by atoms with Gasteiger partial charge in [0.05, 0.1) is 0 Å². The molecule has 0 aliphatic rings. The molecule has 3 rings (SSSR count). The molecule has 0 aliphatic carbocycles. The molecule has 0 unspecified atom stereocenters. The number of aromatic nitrogens is 1. The van der Waals surface area contributed by atoms with E-state index in [4.69, 9.17) is 11.6 Å². The average molecular weight is 451 g/mol. The highest BCUT2D eigenvalue weighted by atomic mass is 79.9. The number of anilines is 2. The van der Waals surface area contributed by atoms with Crippen LogP contribution in [0.3, 0.4) is 0 Å². The van der Waals surface area contributed by atoms with Crippen LogP contribution in [0.5, 0.6) is 0 Å². The van der Waals surface area contributed by atoms with Gasteiger partial charge in [0.25, 0.3) is 11.8 Å². The smallest absolute Gasteiger partial charge is 0.275 e. The Morgan fingerprint density at radius 1 is 1.08 bits per heavy atom. The van der Waals surface area contributed by atoms with Crippen LogP contribution in [0.2, 0.25) is 5.02 Å². The molecule has 2 aromatic carbocycles. The number of hydrogen-bond donors (Lipinski definition) is 2. The first-order valence-corrected chi connectivity index (χ1v) is 9.57. The van der Waals surface area contributed by atoms with E-state index >= 15 is 0 Å². The Balaban J connectivity index is 1.68. The van der Waals surface area contributed by atoms with Crippen LogP contribution in [0, 0.1) is 6.92 Å². The van der Waals surface area contributed by atoms with E-state index in [0.29, 0.717) is 21.4 Å². The molecule has 0 saturated carbocycles. The van der Waals surface area contributed by atoms with Gasteiger partial charge < -0.3 is 5.32 Å². The minimum absolute atomic E-state index is 0.240. The fourth-order valence-corrected chi connectivity index (χ4v) is 3.45. The molecule has 0 aliphatic heterocycles. The van der Waals surface area contributed by atoms with E-state index in [2.05, 4.69) is 31.5 Å². The van der Waals surface area contributed by atoms with Crippen LogP contribution in [-0.2, 0) is 0 Å². The van der Waals surface area contributed by atoms with Crippen molar-refractivity contribution in [3.63, 3.8) is 0 Å². The second-order valence-corrected chi connectivity index (χ2v) is 7.62. The van der Waals surface area contributed by atoms with Crippen LogP contribution in [0.15, 0.2) is 52.3 Å². The lowest BCUT2D eigenvalue weighted by Gasteiger charge is -2.07. The van der Waals surface area contributed by atoms with Gasteiger partial charge >= 0.3 is 0 Å². The Kier molecular flexibility index (Phi) is 5.70. The van der Waals surface area contributed by atoms with Crippen LogP contribution in [-0.4, -0.2) is 16.8 Å². The van der Waals surface area contributed by atoms with E-state index in [1.165, 1.54) is 11.3 Å². The SMILES string of the molecule is Cc1cc(Br)ccc1NC(=O)c1csc(NC(=O)c2ccc(Cl)cc2)n1. The molecule has 2 amide bonds. The summed E-state index contributed by atoms with van der Waals surface area (Å²) in [5.41, 5.74) is 2.34. The lowest BCUT2D eigenvalue weighted by Crippen LogP contribution is -2.14. The van der Waals surface area contributed by atoms with Crippen LogP contribution in [0.1, 0.15) is 26.4 Å². The molecular formula is C18H13BrClN3O2S. The first kappa shape index (κ1) is 18.6. The second kappa shape index (κ2) is 7.99. The van der Waals surface area contributed by atoms with Crippen molar-refractivity contribution in [1.82, 2.24) is 4.98 Å². The molecular weight excluding hydrogens is 438 g/mol. The fraction of sp³-hybridized carbons (Fsp3) is 0.0556. The molecule has 132 valence electrons. The number of thiazole rings is 1. The number of carbonyl (C=O) groups excluding carboxylic acids is 2. The Bertz CT molecular complexity index is 973. The number of nitrogens with one attached hydrogen (secondary N) is 2. The zero-order chi connectivity index (χ0) is 18.7. The lowest BCUT2D eigenvalue weighted by atomic mass is 10.2. The number of amides is 2. The van der Waals surface area contributed by atoms with Gasteiger partial charge in [-0.25, -0.2) is 4.98 Å². The Morgan fingerprint density at radius 2 is 1.81 bits per heavy atom. The zero-order valence-electron chi connectivity index (χ0n) is 13.5. The molecule has 0 saturated heterocycles. The van der Waals surface area contributed by atoms with Crippen molar-refractivity contribution in [2.24, 2.45) is 0 Å². The topological polar surface area (TPSA) is 71.1 Å². The highest BCUT2D eigenvalue weighted by molar-refractivity contribution is 9.10. The summed E-state index contributed by atoms with van der Waals surface area (Å²) >= 11 is 10.4. The quantitative estimate of drug-likeness (QED) is 0.561. The molecule has 0 radical (unpaired) electrons. The predicted molar refractivity (Wildman–Crippen MR) is 108 cm³/mol. The summed E-state index contributed by atoms with van der Waals surface area (Å²) in [6, 6.07) is 12.1. The third kappa shape index (κ3) is 4.49. The van der Waals surface area contributed by atoms with E-state index in [9.17, 15) is 9.59 Å². The van der Waals surface area contributed by atoms with Crippen LogP contribution in [0.4, 0.5) is 10.8 Å². The van der Waals surface area contributed by atoms with Crippen LogP contribution >= 0.6 is 38.9 Å². The van der Waals surface area contributed by atoms with Gasteiger partial charge in [-0.3, -0.25) is 14.9 Å². The summed E-state index contributed by atoms with van der Waals surface area (Å²) in [7, 11) is 0. The van der Waals surface area contributed by atoms with Gasteiger partial charge in [0, 0.05) is 26.1 Å². The molecule has 26 heavy (non-hydrogen) atoms. The van der Waals surface area contributed by atoms with Crippen molar-refractivity contribution in [1.29, 1.82) is 0 Å². The maximum absolute atomic E-state index is 12.4. The van der Waals surface area contributed by atoms with Gasteiger partial charge in [-0.1, -0.05) is 27.5 Å². The molecule has 0 atom stereocenters. The van der Waals surface area contributed by atoms with Crippen LogP contribution < -0.4 is 10.6 Å². The van der Waals surface area contributed by atoms with Crippen molar-refractivity contribution in [2.75, 3.05) is 10.6 Å². The second-order valence-electron chi connectivity index (χ2n) is 5.41. The molecule has 5 nitrogen and oxygen atoms in total. The first-order valence-electron chi connectivity index (χ1n) is 7.52. The van der Waals surface area contributed by atoms with Gasteiger partial charge in [-0.2, -0.15) is 0 Å². The largest absolute Gasteiger partial charge is 0.320 e. The predicted octanol–water partition coefficient (Wildman–Crippen LogP) is 5.37. The molecule has 1 aromatic heterocycles. The summed E-state index contributed by atoms with van der Waals surface area (Å²) in [6.07, 6.45) is 0. The number of aryl methyl sites for hydroxylation is 1. The van der Waals surface area contributed by atoms with E-state index in [1.807, 2.05) is 25.1 Å². The maximum Gasteiger partial charge on any atom is 0.275 e. The summed E-state index contributed by atoms with van der Waals surface area (Å²) in [6.45, 7) is 1.90. The summed E-state index contributed by atoms with van der Waals surface area (Å²) in [5.74, 6) is -0.648. The van der Waals surface area contributed by atoms with E-state index in [0.717, 1.165) is 10.0 Å². The summed E-state index contributed by atoms with van der Waals surface area (Å²) in [5, 5.41) is 7.99. The first-order chi connectivity index (χ1) is 12.4. The molecule has 0 bridgehead atoms. The van der Waals surface area contributed by atoms with Crippen molar-refractivity contribution < 1.29 is 9.59 Å². The number of nitrogens with zero attached hydrogens (tertiary/aromatic N) is 1. The van der Waals surface area contributed by atoms with E-state index in [-0.39, 0.29) is 17.5 Å². The molecule has 3 aromatic rings. The standard InChI is InChI=1S/C18H13BrClN3O2S/c1-10-8-12(19)4-7-14(10)21-17(25)15-9-26-18(22-15)23-16(24)11-2-5-13(20)6-3-11/h2-9H,1H3,(H,21,25)(H,22,23,24). The average Bonchev–Trinajstić information content (AvgIpc) is 3.06. The third-order valence-electron chi connectivity index (χ3n) is 3.50. The van der Waals surface area contributed by atoms with Crippen molar-refractivity contribution in [3.05, 3.63) is 74.2 Å². The van der Waals surface area contributed by atoms with Gasteiger partial charge in [0.1, 0.15) is 5.69 Å². The Morgan fingerprint density at radius 3 is 2.50 bits per heavy atom. The fourth-order valence-electron chi connectivity index (χ4n) is 2.16. The number of hydrogen-bond acceptors (Lipinski definition) is 4. The van der Waals surface area contributed by atoms with Crippen molar-refractivity contribution in [2.45, 2.75) is 6.92 Å². The molecule has 2 N–H and O–H groups in total. The maximum atomic E-state index is 12.4. The lowest BCUT2D eigenvalue weighted by molar-refractivity contribution is 0.101. The monoisotopic (exact) mass is 449 g/mol. The molecule has 8 heteroatoms. The molecule has 1 heterocycles. The Hall–Kier alpha value is -2.22. The highest BCUT2D eigenvalue weighted by Crippen LogP contribution is 2.22. The van der Waals surface area contributed by atoms with Crippen LogP contribution in [0.25, 0.3) is 0 Å². The summed E-state index contributed by atoms with van der Waals surface area (Å²) < 4.78 is 0.939. The minimum Gasteiger partial charge on any atom is -0.320 e.